The van der Waals surface area contributed by atoms with Crippen LogP contribution in [0.25, 0.3) is 0 Å². The van der Waals surface area contributed by atoms with E-state index in [9.17, 15) is 18.0 Å². The normalized spacial score (nSPS) is 14.5. The average molecular weight is 497 g/mol. The van der Waals surface area contributed by atoms with Crippen LogP contribution in [0.3, 0.4) is 0 Å². The number of carbonyl (C=O) groups excluding carboxylic acids is 1. The molecule has 186 valence electrons. The molecule has 0 bridgehead atoms. The summed E-state index contributed by atoms with van der Waals surface area (Å²) in [5.41, 5.74) is 4.92. The van der Waals surface area contributed by atoms with Crippen LogP contribution in [-0.2, 0) is 35.3 Å². The van der Waals surface area contributed by atoms with Crippen LogP contribution in [0.1, 0.15) is 43.0 Å². The molecule has 0 spiro atoms. The molecule has 1 aliphatic rings. The summed E-state index contributed by atoms with van der Waals surface area (Å²) in [6.07, 6.45) is -3.35. The molecule has 2 aromatic carbocycles. The first-order valence-corrected chi connectivity index (χ1v) is 11.9. The van der Waals surface area contributed by atoms with Gasteiger partial charge in [-0.15, -0.1) is 0 Å². The van der Waals surface area contributed by atoms with Gasteiger partial charge in [-0.3, -0.25) is 4.79 Å². The van der Waals surface area contributed by atoms with Crippen molar-refractivity contribution in [2.24, 2.45) is 5.41 Å². The number of benzene rings is 2. The molecular formula is C26H32ClF3N2O2. The third-order valence-electron chi connectivity index (χ3n) is 5.73. The average Bonchev–Trinajstić information content (AvgIpc) is 2.98. The molecule has 1 amide bonds. The number of halogens is 4. The maximum absolute atomic E-state index is 12.9. The Balaban J connectivity index is 1.61. The van der Waals surface area contributed by atoms with Crippen molar-refractivity contribution in [2.45, 2.75) is 52.8 Å². The van der Waals surface area contributed by atoms with E-state index in [0.29, 0.717) is 31.0 Å². The predicted octanol–water partition coefficient (Wildman–Crippen LogP) is 6.05. The number of hydrogen-bond acceptors (Lipinski definition) is 3. The zero-order valence-corrected chi connectivity index (χ0v) is 20.7. The molecule has 1 heterocycles. The zero-order valence-electron chi connectivity index (χ0n) is 19.9. The molecule has 8 heteroatoms. The second-order valence-electron chi connectivity index (χ2n) is 9.88. The van der Waals surface area contributed by atoms with Gasteiger partial charge in [-0.2, -0.15) is 13.2 Å². The van der Waals surface area contributed by atoms with E-state index in [2.05, 4.69) is 38.2 Å². The molecule has 0 saturated carbocycles. The summed E-state index contributed by atoms with van der Waals surface area (Å²) in [7, 11) is 0. The van der Waals surface area contributed by atoms with E-state index in [1.54, 1.807) is 6.07 Å². The second kappa shape index (κ2) is 11.0. The van der Waals surface area contributed by atoms with Gasteiger partial charge in [0.05, 0.1) is 23.9 Å². The summed E-state index contributed by atoms with van der Waals surface area (Å²) in [6.45, 7) is 8.40. The maximum Gasteiger partial charge on any atom is 0.471 e. The highest BCUT2D eigenvalue weighted by atomic mass is 35.5. The first kappa shape index (κ1) is 26.4. The van der Waals surface area contributed by atoms with Crippen molar-refractivity contribution < 1.29 is 22.7 Å². The highest BCUT2D eigenvalue weighted by Crippen LogP contribution is 2.32. The lowest BCUT2D eigenvalue weighted by atomic mass is 9.99. The number of hydrogen-bond donors (Lipinski definition) is 1. The number of ether oxygens (including phenoxy) is 1. The number of alkyl halides is 3. The molecule has 0 saturated heterocycles. The third-order valence-corrected chi connectivity index (χ3v) is 6.05. The molecule has 0 aliphatic carbocycles. The number of nitrogens with zero attached hydrogens (tertiary/aromatic N) is 1. The van der Waals surface area contributed by atoms with Crippen molar-refractivity contribution in [1.82, 2.24) is 4.90 Å². The lowest BCUT2D eigenvalue weighted by Gasteiger charge is -2.21. The summed E-state index contributed by atoms with van der Waals surface area (Å²) in [5, 5.41) is 3.88. The Kier molecular flexibility index (Phi) is 8.52. The summed E-state index contributed by atoms with van der Waals surface area (Å²) >= 11 is 6.44. The molecular weight excluding hydrogens is 465 g/mol. The fraction of sp³-hybridized carbons (Fsp3) is 0.500. The van der Waals surface area contributed by atoms with Crippen molar-refractivity contribution >= 4 is 23.2 Å². The quantitative estimate of drug-likeness (QED) is 0.475. The van der Waals surface area contributed by atoms with Crippen LogP contribution in [0, 0.1) is 5.41 Å². The van der Waals surface area contributed by atoms with Crippen molar-refractivity contribution in [3.63, 3.8) is 0 Å². The molecule has 2 aromatic rings. The fourth-order valence-electron chi connectivity index (χ4n) is 3.95. The number of amides is 1. The molecule has 1 N–H and O–H groups in total. The monoisotopic (exact) mass is 496 g/mol. The van der Waals surface area contributed by atoms with Crippen molar-refractivity contribution in [1.29, 1.82) is 0 Å². The number of anilines is 1. The Morgan fingerprint density at radius 2 is 1.68 bits per heavy atom. The second-order valence-corrected chi connectivity index (χ2v) is 10.3. The van der Waals surface area contributed by atoms with E-state index < -0.39 is 12.1 Å². The van der Waals surface area contributed by atoms with Gasteiger partial charge in [-0.25, -0.2) is 0 Å². The van der Waals surface area contributed by atoms with E-state index in [1.807, 2.05) is 18.2 Å². The topological polar surface area (TPSA) is 41.6 Å². The van der Waals surface area contributed by atoms with Crippen molar-refractivity contribution in [3.05, 3.63) is 63.7 Å². The first-order chi connectivity index (χ1) is 15.9. The van der Waals surface area contributed by atoms with Gasteiger partial charge in [0.15, 0.2) is 0 Å². The Bertz CT molecular complexity index is 985. The van der Waals surface area contributed by atoms with Crippen LogP contribution < -0.4 is 5.32 Å². The minimum absolute atomic E-state index is 0.00630. The van der Waals surface area contributed by atoms with Gasteiger partial charge in [0, 0.05) is 19.6 Å². The van der Waals surface area contributed by atoms with E-state index in [0.717, 1.165) is 40.3 Å². The number of fused-ring (bicyclic) bond motifs is 1. The van der Waals surface area contributed by atoms with Crippen LogP contribution >= 0.6 is 11.6 Å². The van der Waals surface area contributed by atoms with Crippen LogP contribution in [0.15, 0.2) is 36.4 Å². The predicted molar refractivity (Wildman–Crippen MR) is 129 cm³/mol. The highest BCUT2D eigenvalue weighted by molar-refractivity contribution is 6.33. The van der Waals surface area contributed by atoms with Gasteiger partial charge in [-0.1, -0.05) is 62.7 Å². The maximum atomic E-state index is 12.9. The molecule has 34 heavy (non-hydrogen) atoms. The minimum atomic E-state index is -4.86. The lowest BCUT2D eigenvalue weighted by Crippen LogP contribution is -2.42. The Hall–Kier alpha value is -2.25. The lowest BCUT2D eigenvalue weighted by molar-refractivity contribution is -0.185. The van der Waals surface area contributed by atoms with E-state index in [1.165, 1.54) is 5.56 Å². The summed E-state index contributed by atoms with van der Waals surface area (Å²) < 4.78 is 44.4. The van der Waals surface area contributed by atoms with E-state index in [4.69, 9.17) is 16.3 Å². The zero-order chi connectivity index (χ0) is 24.9. The minimum Gasteiger partial charge on any atom is -0.381 e. The summed E-state index contributed by atoms with van der Waals surface area (Å²) in [4.78, 5) is 12.6. The van der Waals surface area contributed by atoms with E-state index >= 15 is 0 Å². The van der Waals surface area contributed by atoms with Crippen molar-refractivity contribution in [3.8, 4) is 0 Å². The van der Waals surface area contributed by atoms with Crippen LogP contribution in [0.2, 0.25) is 5.02 Å². The van der Waals surface area contributed by atoms with Gasteiger partial charge in [-0.05, 0) is 53.0 Å². The Labute approximate surface area is 204 Å². The van der Waals surface area contributed by atoms with Gasteiger partial charge in [0.1, 0.15) is 0 Å². The Morgan fingerprint density at radius 1 is 1.03 bits per heavy atom. The summed E-state index contributed by atoms with van der Waals surface area (Å²) in [5.74, 6) is -1.79. The van der Waals surface area contributed by atoms with E-state index in [-0.39, 0.29) is 18.5 Å². The molecule has 0 fully saturated rings. The molecule has 0 aromatic heterocycles. The number of carbonyl (C=O) groups is 1. The summed E-state index contributed by atoms with van der Waals surface area (Å²) in [6, 6.07) is 11.8. The molecule has 0 radical (unpaired) electrons. The molecule has 0 unspecified atom stereocenters. The molecule has 0 atom stereocenters. The number of nitrogens with one attached hydrogen (secondary N) is 1. The highest BCUT2D eigenvalue weighted by Gasteiger charge is 2.42. The molecule has 4 nitrogen and oxygen atoms in total. The molecule has 3 rings (SSSR count). The SMILES string of the molecule is CC(C)(C)COCCc1ccc(CNc2c(Cl)ccc3c2CCN(C(=O)C(F)(F)F)CC3)cc1. The van der Waals surface area contributed by atoms with Crippen molar-refractivity contribution in [2.75, 3.05) is 31.6 Å². The van der Waals surface area contributed by atoms with Crippen LogP contribution in [-0.4, -0.2) is 43.3 Å². The largest absolute Gasteiger partial charge is 0.471 e. The fourth-order valence-corrected chi connectivity index (χ4v) is 4.20. The van der Waals surface area contributed by atoms with Gasteiger partial charge in [0.25, 0.3) is 0 Å². The van der Waals surface area contributed by atoms with Crippen LogP contribution in [0.5, 0.6) is 0 Å². The number of rotatable bonds is 7. The molecule has 1 aliphatic heterocycles. The Morgan fingerprint density at radius 3 is 2.32 bits per heavy atom. The first-order valence-electron chi connectivity index (χ1n) is 11.5. The van der Waals surface area contributed by atoms with Gasteiger partial charge in [0.2, 0.25) is 0 Å². The van der Waals surface area contributed by atoms with Gasteiger partial charge < -0.3 is 15.0 Å². The van der Waals surface area contributed by atoms with Gasteiger partial charge >= 0.3 is 12.1 Å². The smallest absolute Gasteiger partial charge is 0.381 e. The third kappa shape index (κ3) is 7.37. The standard InChI is InChI=1S/C26H32ClF3N2O2/c1-25(2,3)17-34-15-12-18-4-6-19(7-5-18)16-31-23-21-11-14-32(24(33)26(28,29)30)13-10-20(21)8-9-22(23)27/h4-9,31H,10-17H2,1-3H3. The van der Waals surface area contributed by atoms with Crippen LogP contribution in [0.4, 0.5) is 18.9 Å².